The van der Waals surface area contributed by atoms with E-state index in [1.807, 2.05) is 52.3 Å². The van der Waals surface area contributed by atoms with Gasteiger partial charge >= 0.3 is 0 Å². The molecule has 0 aromatic heterocycles. The van der Waals surface area contributed by atoms with E-state index in [1.54, 1.807) is 0 Å². The molecule has 27 heavy (non-hydrogen) atoms. The molecule has 0 spiro atoms. The minimum absolute atomic E-state index is 0.0915. The van der Waals surface area contributed by atoms with Crippen molar-refractivity contribution in [3.63, 3.8) is 0 Å². The van der Waals surface area contributed by atoms with Crippen molar-refractivity contribution in [1.82, 2.24) is 14.7 Å². The molecule has 2 aliphatic heterocycles. The van der Waals surface area contributed by atoms with E-state index in [4.69, 9.17) is 0 Å². The lowest BCUT2D eigenvalue weighted by molar-refractivity contribution is -0.133. The Morgan fingerprint density at radius 2 is 1.44 bits per heavy atom. The highest BCUT2D eigenvalue weighted by Crippen LogP contribution is 2.20. The highest BCUT2D eigenvalue weighted by molar-refractivity contribution is 6.07. The molecule has 5 nitrogen and oxygen atoms in total. The fourth-order valence-corrected chi connectivity index (χ4v) is 4.13. The Kier molecular flexibility index (Phi) is 5.39. The van der Waals surface area contributed by atoms with Gasteiger partial charge in [-0.1, -0.05) is 36.4 Å². The van der Waals surface area contributed by atoms with Gasteiger partial charge in [0.15, 0.2) is 0 Å². The quantitative estimate of drug-likeness (QED) is 0.840. The molecule has 5 heteroatoms. The number of hydrogen-bond acceptors (Lipinski definition) is 3. The number of carbonyl (C=O) groups excluding carboxylic acids is 2. The molecule has 2 saturated heterocycles. The number of carbonyl (C=O) groups is 2. The van der Waals surface area contributed by atoms with Crippen LogP contribution in [0.2, 0.25) is 0 Å². The summed E-state index contributed by atoms with van der Waals surface area (Å²) in [5, 5.41) is 2.10. The first-order valence-electron chi connectivity index (χ1n) is 9.99. The average molecular weight is 365 g/mol. The number of likely N-dealkylation sites (tertiary alicyclic amines) is 1. The van der Waals surface area contributed by atoms with Crippen molar-refractivity contribution in [1.29, 1.82) is 0 Å². The maximum Gasteiger partial charge on any atom is 0.254 e. The van der Waals surface area contributed by atoms with Crippen LogP contribution in [0.4, 0.5) is 0 Å². The Labute approximate surface area is 160 Å². The fraction of sp³-hybridized carbons (Fsp3) is 0.455. The highest BCUT2D eigenvalue weighted by atomic mass is 16.2. The molecule has 2 aromatic carbocycles. The van der Waals surface area contributed by atoms with Crippen molar-refractivity contribution < 1.29 is 9.59 Å². The molecule has 2 amide bonds. The normalized spacial score (nSPS) is 18.7. The molecule has 0 saturated carbocycles. The summed E-state index contributed by atoms with van der Waals surface area (Å²) in [6, 6.07) is 13.9. The van der Waals surface area contributed by atoms with Crippen LogP contribution >= 0.6 is 0 Å². The van der Waals surface area contributed by atoms with E-state index < -0.39 is 0 Å². The standard InChI is InChI=1S/C22H27N3O2/c26-21(24-11-4-1-5-12-24)17-23-13-15-25(16-14-23)22(27)20-10-6-8-18-7-2-3-9-19(18)20/h2-3,6-10H,1,4-5,11-17H2. The van der Waals surface area contributed by atoms with Gasteiger partial charge in [-0.2, -0.15) is 0 Å². The fourth-order valence-electron chi connectivity index (χ4n) is 4.13. The number of hydrogen-bond donors (Lipinski definition) is 0. The third-order valence-electron chi connectivity index (χ3n) is 5.75. The van der Waals surface area contributed by atoms with Crippen LogP contribution < -0.4 is 0 Å². The summed E-state index contributed by atoms with van der Waals surface area (Å²) in [6.45, 7) is 5.16. The van der Waals surface area contributed by atoms with E-state index in [9.17, 15) is 9.59 Å². The predicted octanol–water partition coefficient (Wildman–Crippen LogP) is 2.61. The van der Waals surface area contributed by atoms with Gasteiger partial charge in [-0.3, -0.25) is 14.5 Å². The summed E-state index contributed by atoms with van der Waals surface area (Å²) in [4.78, 5) is 31.6. The molecule has 2 aromatic rings. The first kappa shape index (κ1) is 18.0. The van der Waals surface area contributed by atoms with Crippen LogP contribution in [0, 0.1) is 0 Å². The second-order valence-corrected chi connectivity index (χ2v) is 7.54. The zero-order valence-electron chi connectivity index (χ0n) is 15.8. The van der Waals surface area contributed by atoms with Crippen molar-refractivity contribution >= 4 is 22.6 Å². The zero-order chi connectivity index (χ0) is 18.6. The lowest BCUT2D eigenvalue weighted by Gasteiger charge is -2.36. The summed E-state index contributed by atoms with van der Waals surface area (Å²) < 4.78 is 0. The molecule has 142 valence electrons. The topological polar surface area (TPSA) is 43.9 Å². The average Bonchev–Trinajstić information content (AvgIpc) is 2.74. The van der Waals surface area contributed by atoms with E-state index in [0.717, 1.165) is 55.4 Å². The lowest BCUT2D eigenvalue weighted by Crippen LogP contribution is -2.52. The molecule has 0 radical (unpaired) electrons. The van der Waals surface area contributed by atoms with Gasteiger partial charge in [-0.05, 0) is 36.1 Å². The number of benzene rings is 2. The second-order valence-electron chi connectivity index (χ2n) is 7.54. The van der Waals surface area contributed by atoms with Crippen molar-refractivity contribution in [2.24, 2.45) is 0 Å². The summed E-state index contributed by atoms with van der Waals surface area (Å²) in [7, 11) is 0. The third kappa shape index (κ3) is 3.98. The molecule has 0 unspecified atom stereocenters. The van der Waals surface area contributed by atoms with Gasteiger partial charge < -0.3 is 9.80 Å². The largest absolute Gasteiger partial charge is 0.342 e. The third-order valence-corrected chi connectivity index (χ3v) is 5.75. The molecule has 0 atom stereocenters. The van der Waals surface area contributed by atoms with Crippen LogP contribution in [0.15, 0.2) is 42.5 Å². The monoisotopic (exact) mass is 365 g/mol. The van der Waals surface area contributed by atoms with Crippen LogP contribution in [-0.2, 0) is 4.79 Å². The summed E-state index contributed by atoms with van der Waals surface area (Å²) in [6.07, 6.45) is 3.48. The minimum atomic E-state index is 0.0915. The van der Waals surface area contributed by atoms with Gasteiger partial charge in [0.05, 0.1) is 6.54 Å². The Bertz CT molecular complexity index is 816. The summed E-state index contributed by atoms with van der Waals surface area (Å²) in [5.41, 5.74) is 0.769. The van der Waals surface area contributed by atoms with Gasteiger partial charge in [0, 0.05) is 44.8 Å². The number of fused-ring (bicyclic) bond motifs is 1. The zero-order valence-corrected chi connectivity index (χ0v) is 15.8. The first-order chi connectivity index (χ1) is 13.2. The SMILES string of the molecule is O=C(CN1CCN(C(=O)c2cccc3ccccc23)CC1)N1CCCCC1. The van der Waals surface area contributed by atoms with Crippen LogP contribution in [0.3, 0.4) is 0 Å². The maximum atomic E-state index is 13.0. The Balaban J connectivity index is 1.36. The molecule has 0 bridgehead atoms. The number of amides is 2. The number of piperazine rings is 1. The Hall–Kier alpha value is -2.40. The first-order valence-corrected chi connectivity index (χ1v) is 9.99. The molecule has 4 rings (SSSR count). The summed E-state index contributed by atoms with van der Waals surface area (Å²) >= 11 is 0. The number of nitrogens with zero attached hydrogens (tertiary/aromatic N) is 3. The van der Waals surface area contributed by atoms with Gasteiger partial charge in [0.1, 0.15) is 0 Å². The van der Waals surface area contributed by atoms with Crippen molar-refractivity contribution in [2.75, 3.05) is 45.8 Å². The Morgan fingerprint density at radius 1 is 0.741 bits per heavy atom. The van der Waals surface area contributed by atoms with Crippen LogP contribution in [0.5, 0.6) is 0 Å². The Morgan fingerprint density at radius 3 is 2.22 bits per heavy atom. The molecular weight excluding hydrogens is 338 g/mol. The highest BCUT2D eigenvalue weighted by Gasteiger charge is 2.26. The van der Waals surface area contributed by atoms with E-state index >= 15 is 0 Å². The molecule has 2 heterocycles. The van der Waals surface area contributed by atoms with E-state index in [0.29, 0.717) is 19.6 Å². The van der Waals surface area contributed by atoms with Crippen LogP contribution in [0.25, 0.3) is 10.8 Å². The molecule has 0 aliphatic carbocycles. The van der Waals surface area contributed by atoms with Crippen molar-refractivity contribution in [2.45, 2.75) is 19.3 Å². The van der Waals surface area contributed by atoms with Crippen molar-refractivity contribution in [3.05, 3.63) is 48.0 Å². The van der Waals surface area contributed by atoms with E-state index in [2.05, 4.69) is 4.90 Å². The molecule has 0 N–H and O–H groups in total. The van der Waals surface area contributed by atoms with E-state index in [-0.39, 0.29) is 11.8 Å². The molecule has 2 aliphatic rings. The van der Waals surface area contributed by atoms with Gasteiger partial charge in [-0.15, -0.1) is 0 Å². The van der Waals surface area contributed by atoms with Crippen LogP contribution in [-0.4, -0.2) is 72.3 Å². The predicted molar refractivity (Wildman–Crippen MR) is 107 cm³/mol. The van der Waals surface area contributed by atoms with Gasteiger partial charge in [-0.25, -0.2) is 0 Å². The second kappa shape index (κ2) is 8.09. The maximum absolute atomic E-state index is 13.0. The van der Waals surface area contributed by atoms with Crippen LogP contribution in [0.1, 0.15) is 29.6 Å². The van der Waals surface area contributed by atoms with E-state index in [1.165, 1.54) is 6.42 Å². The molecule has 2 fully saturated rings. The van der Waals surface area contributed by atoms with Gasteiger partial charge in [0.25, 0.3) is 5.91 Å². The van der Waals surface area contributed by atoms with Gasteiger partial charge in [0.2, 0.25) is 5.91 Å². The number of rotatable bonds is 3. The molecular formula is C22H27N3O2. The van der Waals surface area contributed by atoms with Crippen molar-refractivity contribution in [3.8, 4) is 0 Å². The lowest BCUT2D eigenvalue weighted by atomic mass is 10.0. The summed E-state index contributed by atoms with van der Waals surface area (Å²) in [5.74, 6) is 0.331. The smallest absolute Gasteiger partial charge is 0.254 e. The number of piperidine rings is 1. The minimum Gasteiger partial charge on any atom is -0.342 e.